The Bertz CT molecular complexity index is 522. The molecule has 3 rings (SSSR count). The largest absolute Gasteiger partial charge is 0.379 e. The summed E-state index contributed by atoms with van der Waals surface area (Å²) in [5.74, 6) is 0. The molecule has 0 bridgehead atoms. The lowest BCUT2D eigenvalue weighted by Crippen LogP contribution is -2.30. The van der Waals surface area contributed by atoms with E-state index in [1.165, 1.54) is 36.8 Å². The van der Waals surface area contributed by atoms with Gasteiger partial charge < -0.3 is 5.32 Å². The molecule has 1 aromatic carbocycles. The molecule has 0 amide bonds. The monoisotopic (exact) mass is 226 g/mol. The van der Waals surface area contributed by atoms with Crippen molar-refractivity contribution in [1.82, 2.24) is 4.98 Å². The van der Waals surface area contributed by atoms with Crippen LogP contribution in [0.4, 0.5) is 5.69 Å². The summed E-state index contributed by atoms with van der Waals surface area (Å²) in [5, 5.41) is 4.95. The number of aromatic nitrogens is 1. The standard InChI is InChI=1S/C15H18N2/c1-15(9-4-5-10-15)17-14-8-11-16-13-7-3-2-6-12(13)14/h2-3,6-8,11H,4-5,9-10H2,1H3,(H,16,17). The van der Waals surface area contributed by atoms with E-state index < -0.39 is 0 Å². The predicted octanol–water partition coefficient (Wildman–Crippen LogP) is 3.98. The minimum atomic E-state index is 0.268. The van der Waals surface area contributed by atoms with Crippen molar-refractivity contribution in [1.29, 1.82) is 0 Å². The summed E-state index contributed by atoms with van der Waals surface area (Å²) in [7, 11) is 0. The Morgan fingerprint density at radius 3 is 2.71 bits per heavy atom. The Labute approximate surface area is 102 Å². The van der Waals surface area contributed by atoms with Crippen LogP contribution in [0.5, 0.6) is 0 Å². The van der Waals surface area contributed by atoms with Crippen LogP contribution in [0, 0.1) is 0 Å². The lowest BCUT2D eigenvalue weighted by molar-refractivity contribution is 0.534. The number of nitrogens with one attached hydrogen (secondary N) is 1. The molecule has 1 aromatic heterocycles. The number of nitrogens with zero attached hydrogens (tertiary/aromatic N) is 1. The van der Waals surface area contributed by atoms with E-state index in [0.29, 0.717) is 0 Å². The van der Waals surface area contributed by atoms with Crippen molar-refractivity contribution in [2.24, 2.45) is 0 Å². The molecule has 0 spiro atoms. The molecule has 0 saturated heterocycles. The average Bonchev–Trinajstić information content (AvgIpc) is 2.76. The fourth-order valence-corrected chi connectivity index (χ4v) is 2.81. The van der Waals surface area contributed by atoms with E-state index in [9.17, 15) is 0 Å². The summed E-state index contributed by atoms with van der Waals surface area (Å²) in [6, 6.07) is 10.4. The lowest BCUT2D eigenvalue weighted by Gasteiger charge is -2.27. The quantitative estimate of drug-likeness (QED) is 0.837. The highest BCUT2D eigenvalue weighted by Crippen LogP contribution is 2.34. The maximum atomic E-state index is 4.40. The van der Waals surface area contributed by atoms with Crippen LogP contribution in [0.1, 0.15) is 32.6 Å². The van der Waals surface area contributed by atoms with Crippen LogP contribution in [-0.4, -0.2) is 10.5 Å². The van der Waals surface area contributed by atoms with Gasteiger partial charge in [-0.15, -0.1) is 0 Å². The van der Waals surface area contributed by atoms with Crippen molar-refractivity contribution in [3.8, 4) is 0 Å². The molecule has 2 heteroatoms. The van der Waals surface area contributed by atoms with E-state index in [2.05, 4.69) is 41.5 Å². The van der Waals surface area contributed by atoms with Gasteiger partial charge >= 0.3 is 0 Å². The van der Waals surface area contributed by atoms with Gasteiger partial charge in [-0.05, 0) is 31.9 Å². The second-order valence-corrected chi connectivity index (χ2v) is 5.27. The topological polar surface area (TPSA) is 24.9 Å². The third-order valence-electron chi connectivity index (χ3n) is 3.79. The van der Waals surface area contributed by atoms with Gasteiger partial charge in [0.05, 0.1) is 5.52 Å². The van der Waals surface area contributed by atoms with Crippen LogP contribution in [0.3, 0.4) is 0 Å². The molecule has 1 aliphatic rings. The highest BCUT2D eigenvalue weighted by molar-refractivity contribution is 5.91. The third kappa shape index (κ3) is 1.99. The maximum absolute atomic E-state index is 4.40. The molecule has 1 fully saturated rings. The van der Waals surface area contributed by atoms with Crippen LogP contribution in [0.15, 0.2) is 36.5 Å². The van der Waals surface area contributed by atoms with Gasteiger partial charge in [-0.1, -0.05) is 31.0 Å². The van der Waals surface area contributed by atoms with Gasteiger partial charge in [0.15, 0.2) is 0 Å². The summed E-state index contributed by atoms with van der Waals surface area (Å²) in [4.78, 5) is 4.40. The molecule has 0 unspecified atom stereocenters. The Hall–Kier alpha value is -1.57. The van der Waals surface area contributed by atoms with Crippen LogP contribution >= 0.6 is 0 Å². The first kappa shape index (κ1) is 10.6. The van der Waals surface area contributed by atoms with Gasteiger partial charge in [0.1, 0.15) is 0 Å². The summed E-state index contributed by atoms with van der Waals surface area (Å²) < 4.78 is 0. The molecule has 2 aromatic rings. The Morgan fingerprint density at radius 1 is 1.12 bits per heavy atom. The fourth-order valence-electron chi connectivity index (χ4n) is 2.81. The number of pyridine rings is 1. The second kappa shape index (κ2) is 4.02. The van der Waals surface area contributed by atoms with E-state index in [1.807, 2.05) is 12.3 Å². The SMILES string of the molecule is CC1(Nc2ccnc3ccccc23)CCCC1. The van der Waals surface area contributed by atoms with Crippen LogP contribution in [0.25, 0.3) is 10.9 Å². The molecule has 2 nitrogen and oxygen atoms in total. The number of anilines is 1. The van der Waals surface area contributed by atoms with Crippen molar-refractivity contribution in [3.05, 3.63) is 36.5 Å². The van der Waals surface area contributed by atoms with Gasteiger partial charge in [-0.25, -0.2) is 0 Å². The van der Waals surface area contributed by atoms with Crippen LogP contribution < -0.4 is 5.32 Å². The highest BCUT2D eigenvalue weighted by atomic mass is 15.0. The fraction of sp³-hybridized carbons (Fsp3) is 0.400. The average molecular weight is 226 g/mol. The molecule has 0 radical (unpaired) electrons. The van der Waals surface area contributed by atoms with Crippen LogP contribution in [-0.2, 0) is 0 Å². The van der Waals surface area contributed by atoms with Crippen molar-refractivity contribution in [3.63, 3.8) is 0 Å². The number of benzene rings is 1. The number of para-hydroxylation sites is 1. The molecular weight excluding hydrogens is 208 g/mol. The number of hydrogen-bond acceptors (Lipinski definition) is 2. The molecule has 0 atom stereocenters. The molecule has 1 aliphatic carbocycles. The smallest absolute Gasteiger partial charge is 0.0722 e. The van der Waals surface area contributed by atoms with E-state index in [-0.39, 0.29) is 5.54 Å². The summed E-state index contributed by atoms with van der Waals surface area (Å²) in [6.45, 7) is 2.33. The Morgan fingerprint density at radius 2 is 1.88 bits per heavy atom. The minimum absolute atomic E-state index is 0.268. The highest BCUT2D eigenvalue weighted by Gasteiger charge is 2.28. The second-order valence-electron chi connectivity index (χ2n) is 5.27. The number of rotatable bonds is 2. The molecule has 1 heterocycles. The maximum Gasteiger partial charge on any atom is 0.0722 e. The van der Waals surface area contributed by atoms with Crippen molar-refractivity contribution in [2.75, 3.05) is 5.32 Å². The number of fused-ring (bicyclic) bond motifs is 1. The zero-order valence-corrected chi connectivity index (χ0v) is 10.2. The van der Waals surface area contributed by atoms with E-state index in [4.69, 9.17) is 0 Å². The molecule has 1 N–H and O–H groups in total. The predicted molar refractivity (Wildman–Crippen MR) is 72.2 cm³/mol. The summed E-state index contributed by atoms with van der Waals surface area (Å²) >= 11 is 0. The van der Waals surface area contributed by atoms with Gasteiger partial charge in [0, 0.05) is 22.8 Å². The number of hydrogen-bond donors (Lipinski definition) is 1. The first-order valence-corrected chi connectivity index (χ1v) is 6.39. The first-order chi connectivity index (χ1) is 8.27. The molecule has 88 valence electrons. The molecule has 1 saturated carbocycles. The van der Waals surface area contributed by atoms with Crippen molar-refractivity contribution in [2.45, 2.75) is 38.1 Å². The first-order valence-electron chi connectivity index (χ1n) is 6.39. The normalized spacial score (nSPS) is 18.4. The molecular formula is C15H18N2. The summed E-state index contributed by atoms with van der Waals surface area (Å²) in [5.41, 5.74) is 2.56. The summed E-state index contributed by atoms with van der Waals surface area (Å²) in [6.07, 6.45) is 7.11. The zero-order valence-electron chi connectivity index (χ0n) is 10.2. The lowest BCUT2D eigenvalue weighted by atomic mass is 9.99. The van der Waals surface area contributed by atoms with Gasteiger partial charge in [-0.3, -0.25) is 4.98 Å². The van der Waals surface area contributed by atoms with Gasteiger partial charge in [-0.2, -0.15) is 0 Å². The molecule has 0 aliphatic heterocycles. The third-order valence-corrected chi connectivity index (χ3v) is 3.79. The van der Waals surface area contributed by atoms with E-state index in [0.717, 1.165) is 5.52 Å². The molecule has 17 heavy (non-hydrogen) atoms. The zero-order chi connectivity index (χ0) is 11.7. The van der Waals surface area contributed by atoms with Gasteiger partial charge in [0.25, 0.3) is 0 Å². The van der Waals surface area contributed by atoms with Crippen molar-refractivity contribution >= 4 is 16.6 Å². The van der Waals surface area contributed by atoms with Gasteiger partial charge in [0.2, 0.25) is 0 Å². The Kier molecular flexibility index (Phi) is 2.50. The van der Waals surface area contributed by atoms with Crippen molar-refractivity contribution < 1.29 is 0 Å². The minimum Gasteiger partial charge on any atom is -0.379 e. The van der Waals surface area contributed by atoms with Crippen LogP contribution in [0.2, 0.25) is 0 Å². The van der Waals surface area contributed by atoms with E-state index in [1.54, 1.807) is 0 Å². The van der Waals surface area contributed by atoms with E-state index >= 15 is 0 Å². The Balaban J connectivity index is 2.00.